The minimum absolute atomic E-state index is 0. The minimum atomic E-state index is -0.124. The van der Waals surface area contributed by atoms with Crippen LogP contribution in [0.4, 0.5) is 4.39 Å². The van der Waals surface area contributed by atoms with Crippen molar-refractivity contribution in [2.45, 2.75) is 19.0 Å². The molecule has 1 saturated heterocycles. The summed E-state index contributed by atoms with van der Waals surface area (Å²) in [6.07, 6.45) is 1.14. The van der Waals surface area contributed by atoms with Gasteiger partial charge in [0.1, 0.15) is 5.82 Å². The number of likely N-dealkylation sites (N-methyl/N-ethyl adjacent to an activating group) is 1. The molecular formula is C12H17BrClFN2. The maximum Gasteiger partial charge on any atom is 0.127 e. The summed E-state index contributed by atoms with van der Waals surface area (Å²) in [5.74, 6) is -0.124. The topological polar surface area (TPSA) is 15.3 Å². The van der Waals surface area contributed by atoms with E-state index in [9.17, 15) is 4.39 Å². The van der Waals surface area contributed by atoms with Crippen LogP contribution in [0.1, 0.15) is 12.0 Å². The Morgan fingerprint density at radius 1 is 1.53 bits per heavy atom. The maximum atomic E-state index is 13.6. The first-order valence-electron chi connectivity index (χ1n) is 5.51. The van der Waals surface area contributed by atoms with Gasteiger partial charge in [-0.05, 0) is 38.2 Å². The van der Waals surface area contributed by atoms with Gasteiger partial charge >= 0.3 is 0 Å². The van der Waals surface area contributed by atoms with Crippen LogP contribution in [0.25, 0.3) is 0 Å². The summed E-state index contributed by atoms with van der Waals surface area (Å²) in [6, 6.07) is 5.63. The van der Waals surface area contributed by atoms with E-state index in [1.165, 1.54) is 6.07 Å². The molecule has 1 aliphatic heterocycles. The predicted octanol–water partition coefficient (Wildman–Crippen LogP) is 2.80. The van der Waals surface area contributed by atoms with E-state index in [0.29, 0.717) is 12.6 Å². The fourth-order valence-electron chi connectivity index (χ4n) is 2.08. The SMILES string of the molecule is CN(Cc1cc(Br)ccc1F)C1CCNC1.Cl. The van der Waals surface area contributed by atoms with Crippen molar-refractivity contribution in [3.8, 4) is 0 Å². The van der Waals surface area contributed by atoms with Crippen LogP contribution < -0.4 is 5.32 Å². The summed E-state index contributed by atoms with van der Waals surface area (Å²) in [5, 5.41) is 3.32. The number of nitrogens with zero attached hydrogens (tertiary/aromatic N) is 1. The molecule has 1 aromatic carbocycles. The normalized spacial score (nSPS) is 19.4. The highest BCUT2D eigenvalue weighted by Gasteiger charge is 2.19. The first kappa shape index (κ1) is 14.9. The third-order valence-electron chi connectivity index (χ3n) is 3.09. The first-order valence-corrected chi connectivity index (χ1v) is 6.31. The lowest BCUT2D eigenvalue weighted by atomic mass is 10.1. The lowest BCUT2D eigenvalue weighted by molar-refractivity contribution is 0.245. The lowest BCUT2D eigenvalue weighted by Gasteiger charge is -2.23. The minimum Gasteiger partial charge on any atom is -0.315 e. The van der Waals surface area contributed by atoms with Gasteiger partial charge in [0.2, 0.25) is 0 Å². The van der Waals surface area contributed by atoms with Crippen LogP contribution in [0.15, 0.2) is 22.7 Å². The molecule has 1 aromatic rings. The summed E-state index contributed by atoms with van der Waals surface area (Å²) < 4.78 is 14.5. The Hall–Kier alpha value is -0.160. The fourth-order valence-corrected chi connectivity index (χ4v) is 2.49. The van der Waals surface area contributed by atoms with Crippen molar-refractivity contribution in [1.29, 1.82) is 0 Å². The molecule has 0 aromatic heterocycles. The van der Waals surface area contributed by atoms with Gasteiger partial charge in [-0.1, -0.05) is 15.9 Å². The molecule has 2 nitrogen and oxygen atoms in total. The standard InChI is InChI=1S/C12H16BrFN2.ClH/c1-16(11-4-5-15-7-11)8-9-6-10(13)2-3-12(9)14;/h2-3,6,11,15H,4-5,7-8H2,1H3;1H. The second-order valence-electron chi connectivity index (χ2n) is 4.30. The molecule has 0 saturated carbocycles. The number of benzene rings is 1. The van der Waals surface area contributed by atoms with Crippen molar-refractivity contribution in [3.63, 3.8) is 0 Å². The van der Waals surface area contributed by atoms with Gasteiger partial charge in [0.05, 0.1) is 0 Å². The molecule has 96 valence electrons. The highest BCUT2D eigenvalue weighted by Crippen LogP contribution is 2.18. The molecule has 0 amide bonds. The zero-order valence-electron chi connectivity index (χ0n) is 9.75. The van der Waals surface area contributed by atoms with E-state index in [-0.39, 0.29) is 18.2 Å². The number of halogens is 3. The number of hydrogen-bond donors (Lipinski definition) is 1. The summed E-state index contributed by atoms with van der Waals surface area (Å²) in [6.45, 7) is 2.74. The highest BCUT2D eigenvalue weighted by atomic mass is 79.9. The molecule has 1 atom stereocenters. The fraction of sp³-hybridized carbons (Fsp3) is 0.500. The quantitative estimate of drug-likeness (QED) is 0.920. The van der Waals surface area contributed by atoms with Gasteiger partial charge in [0, 0.05) is 29.2 Å². The van der Waals surface area contributed by atoms with Crippen LogP contribution in [-0.4, -0.2) is 31.1 Å². The molecule has 0 spiro atoms. The third-order valence-corrected chi connectivity index (χ3v) is 3.58. The van der Waals surface area contributed by atoms with Gasteiger partial charge in [-0.2, -0.15) is 0 Å². The van der Waals surface area contributed by atoms with E-state index in [2.05, 4.69) is 33.2 Å². The van der Waals surface area contributed by atoms with Crippen molar-refractivity contribution in [1.82, 2.24) is 10.2 Å². The summed E-state index contributed by atoms with van der Waals surface area (Å²) in [5.41, 5.74) is 0.753. The highest BCUT2D eigenvalue weighted by molar-refractivity contribution is 9.10. The van der Waals surface area contributed by atoms with Gasteiger partial charge < -0.3 is 5.32 Å². The predicted molar refractivity (Wildman–Crippen MR) is 74.1 cm³/mol. The van der Waals surface area contributed by atoms with Crippen LogP contribution in [-0.2, 0) is 6.54 Å². The Bertz CT molecular complexity index is 370. The molecule has 1 fully saturated rings. The largest absolute Gasteiger partial charge is 0.315 e. The van der Waals surface area contributed by atoms with E-state index in [0.717, 1.165) is 29.5 Å². The third kappa shape index (κ3) is 3.91. The van der Waals surface area contributed by atoms with Crippen LogP contribution in [0, 0.1) is 5.82 Å². The molecule has 1 aliphatic rings. The first-order chi connectivity index (χ1) is 7.66. The molecule has 0 aliphatic carbocycles. The molecule has 2 rings (SSSR count). The monoisotopic (exact) mass is 322 g/mol. The average Bonchev–Trinajstić information content (AvgIpc) is 2.76. The maximum absolute atomic E-state index is 13.6. The number of nitrogens with one attached hydrogen (secondary N) is 1. The Morgan fingerprint density at radius 3 is 2.94 bits per heavy atom. The second-order valence-corrected chi connectivity index (χ2v) is 5.21. The zero-order chi connectivity index (χ0) is 11.5. The van der Waals surface area contributed by atoms with Gasteiger partial charge in [-0.15, -0.1) is 12.4 Å². The van der Waals surface area contributed by atoms with E-state index >= 15 is 0 Å². The van der Waals surface area contributed by atoms with Crippen LogP contribution in [0.3, 0.4) is 0 Å². The zero-order valence-corrected chi connectivity index (χ0v) is 12.2. The number of rotatable bonds is 3. The van der Waals surface area contributed by atoms with Crippen molar-refractivity contribution < 1.29 is 4.39 Å². The summed E-state index contributed by atoms with van der Waals surface area (Å²) in [7, 11) is 2.05. The molecule has 17 heavy (non-hydrogen) atoms. The Balaban J connectivity index is 0.00000144. The van der Waals surface area contributed by atoms with E-state index in [1.54, 1.807) is 6.07 Å². The van der Waals surface area contributed by atoms with Crippen molar-refractivity contribution in [3.05, 3.63) is 34.1 Å². The Morgan fingerprint density at radius 2 is 2.29 bits per heavy atom. The smallest absolute Gasteiger partial charge is 0.127 e. The van der Waals surface area contributed by atoms with E-state index in [4.69, 9.17) is 0 Å². The summed E-state index contributed by atoms with van der Waals surface area (Å²) in [4.78, 5) is 2.21. The molecular weight excluding hydrogens is 307 g/mol. The molecule has 0 bridgehead atoms. The molecule has 5 heteroatoms. The van der Waals surface area contributed by atoms with Gasteiger partial charge in [0.25, 0.3) is 0 Å². The van der Waals surface area contributed by atoms with Crippen molar-refractivity contribution >= 4 is 28.3 Å². The summed E-state index contributed by atoms with van der Waals surface area (Å²) >= 11 is 3.37. The van der Waals surface area contributed by atoms with Crippen LogP contribution in [0.5, 0.6) is 0 Å². The van der Waals surface area contributed by atoms with Crippen molar-refractivity contribution in [2.24, 2.45) is 0 Å². The Labute approximate surface area is 116 Å². The van der Waals surface area contributed by atoms with Crippen LogP contribution >= 0.6 is 28.3 Å². The van der Waals surface area contributed by atoms with E-state index in [1.807, 2.05) is 6.07 Å². The van der Waals surface area contributed by atoms with Crippen molar-refractivity contribution in [2.75, 3.05) is 20.1 Å². The van der Waals surface area contributed by atoms with E-state index < -0.39 is 0 Å². The average molecular weight is 324 g/mol. The number of hydrogen-bond acceptors (Lipinski definition) is 2. The molecule has 0 radical (unpaired) electrons. The van der Waals surface area contributed by atoms with Gasteiger partial charge in [0.15, 0.2) is 0 Å². The van der Waals surface area contributed by atoms with Gasteiger partial charge in [-0.3, -0.25) is 4.90 Å². The van der Waals surface area contributed by atoms with Crippen LogP contribution in [0.2, 0.25) is 0 Å². The Kier molecular flexibility index (Phi) is 5.86. The van der Waals surface area contributed by atoms with Gasteiger partial charge in [-0.25, -0.2) is 4.39 Å². The lowest BCUT2D eigenvalue weighted by Crippen LogP contribution is -2.33. The molecule has 1 unspecified atom stereocenters. The second kappa shape index (κ2) is 6.69. The molecule has 1 N–H and O–H groups in total. The molecule has 1 heterocycles.